The molecule has 3 aromatic rings. The summed E-state index contributed by atoms with van der Waals surface area (Å²) in [6.45, 7) is 3.03. The van der Waals surface area contributed by atoms with Gasteiger partial charge in [0.15, 0.2) is 0 Å². The van der Waals surface area contributed by atoms with Crippen LogP contribution in [0.3, 0.4) is 0 Å². The minimum atomic E-state index is -0.610. The molecule has 0 aliphatic rings. The molecule has 0 unspecified atom stereocenters. The van der Waals surface area contributed by atoms with E-state index in [-0.39, 0.29) is 17.6 Å². The molecule has 0 radical (unpaired) electrons. The zero-order valence-corrected chi connectivity index (χ0v) is 23.6. The van der Waals surface area contributed by atoms with Crippen LogP contribution in [0.25, 0.3) is 0 Å². The number of carbonyl (C=O) groups is 2. The monoisotopic (exact) mass is 586 g/mol. The Bertz CT molecular complexity index is 1090. The first-order chi connectivity index (χ1) is 17.5. The molecule has 0 aliphatic carbocycles. The van der Waals surface area contributed by atoms with E-state index in [1.54, 1.807) is 16.7 Å². The second-order valence-electron chi connectivity index (χ2n) is 8.62. The molecule has 0 aliphatic heterocycles. The van der Waals surface area contributed by atoms with E-state index >= 15 is 0 Å². The van der Waals surface area contributed by atoms with Crippen LogP contribution in [-0.4, -0.2) is 35.1 Å². The summed E-state index contributed by atoms with van der Waals surface area (Å²) in [5.74, 6) is 0.836. The van der Waals surface area contributed by atoms with Gasteiger partial charge in [-0.3, -0.25) is 9.59 Å². The van der Waals surface area contributed by atoms with Gasteiger partial charge in [0, 0.05) is 34.8 Å². The lowest BCUT2D eigenvalue weighted by Gasteiger charge is -2.31. The van der Waals surface area contributed by atoms with Crippen molar-refractivity contribution in [2.75, 3.05) is 12.3 Å². The van der Waals surface area contributed by atoms with Gasteiger partial charge in [0.05, 0.1) is 5.75 Å². The van der Waals surface area contributed by atoms with E-state index in [1.165, 1.54) is 0 Å². The van der Waals surface area contributed by atoms with Crippen LogP contribution in [0, 0.1) is 0 Å². The van der Waals surface area contributed by atoms with Crippen molar-refractivity contribution in [3.05, 3.63) is 105 Å². The fourth-order valence-corrected chi connectivity index (χ4v) is 5.03. The van der Waals surface area contributed by atoms with Crippen LogP contribution in [0.2, 0.25) is 5.02 Å². The Labute approximate surface area is 231 Å². The van der Waals surface area contributed by atoms with E-state index in [4.69, 9.17) is 11.6 Å². The summed E-state index contributed by atoms with van der Waals surface area (Å²) in [7, 11) is 0. The molecule has 190 valence electrons. The predicted octanol–water partition coefficient (Wildman–Crippen LogP) is 6.89. The van der Waals surface area contributed by atoms with Crippen LogP contribution >= 0.6 is 39.3 Å². The van der Waals surface area contributed by atoms with Crippen LogP contribution in [0.4, 0.5) is 0 Å². The van der Waals surface area contributed by atoms with E-state index in [0.29, 0.717) is 24.5 Å². The third-order valence-corrected chi connectivity index (χ3v) is 7.54. The quantitative estimate of drug-likeness (QED) is 0.222. The van der Waals surface area contributed by atoms with Gasteiger partial charge < -0.3 is 10.2 Å². The number of carbonyl (C=O) groups excluding carboxylic acids is 2. The molecule has 7 heteroatoms. The van der Waals surface area contributed by atoms with Gasteiger partial charge in [-0.05, 0) is 47.4 Å². The van der Waals surface area contributed by atoms with Gasteiger partial charge in [-0.25, -0.2) is 0 Å². The zero-order valence-electron chi connectivity index (χ0n) is 20.5. The van der Waals surface area contributed by atoms with Crippen LogP contribution in [-0.2, 0) is 28.3 Å². The molecule has 1 N–H and O–H groups in total. The summed E-state index contributed by atoms with van der Waals surface area (Å²) in [6, 6.07) is 24.8. The molecule has 3 rings (SSSR count). The van der Waals surface area contributed by atoms with Gasteiger partial charge in [0.25, 0.3) is 0 Å². The molecular formula is C29H32BrClN2O2S. The van der Waals surface area contributed by atoms with Crippen molar-refractivity contribution < 1.29 is 9.59 Å². The van der Waals surface area contributed by atoms with Gasteiger partial charge in [-0.1, -0.05) is 95.5 Å². The Morgan fingerprint density at radius 3 is 2.28 bits per heavy atom. The number of hydrogen-bond acceptors (Lipinski definition) is 3. The van der Waals surface area contributed by atoms with Gasteiger partial charge in [-0.2, -0.15) is 0 Å². The Kier molecular flexibility index (Phi) is 11.9. The standard InChI is InChI=1S/C29H32BrClN2O2S/c1-2-3-17-32-29(35)27(18-22-7-5-4-6-8-22)33(19-23-11-15-26(31)16-12-23)28(34)21-36-20-24-9-13-25(30)14-10-24/h4-16,27H,2-3,17-21H2,1H3,(H,32,35)/t27-/m0/s1. The van der Waals surface area contributed by atoms with E-state index in [2.05, 4.69) is 28.2 Å². The van der Waals surface area contributed by atoms with Crippen LogP contribution < -0.4 is 5.32 Å². The van der Waals surface area contributed by atoms with Crippen molar-refractivity contribution in [1.82, 2.24) is 10.2 Å². The summed E-state index contributed by atoms with van der Waals surface area (Å²) in [5, 5.41) is 3.69. The second-order valence-corrected chi connectivity index (χ2v) is 11.0. The smallest absolute Gasteiger partial charge is 0.243 e. The minimum absolute atomic E-state index is 0.0568. The molecule has 0 aromatic heterocycles. The molecule has 0 fully saturated rings. The number of nitrogens with zero attached hydrogens (tertiary/aromatic N) is 1. The summed E-state index contributed by atoms with van der Waals surface area (Å²) in [6.07, 6.45) is 2.34. The van der Waals surface area contributed by atoms with Gasteiger partial charge >= 0.3 is 0 Å². The lowest BCUT2D eigenvalue weighted by molar-refractivity contribution is -0.139. The molecule has 0 spiro atoms. The predicted molar refractivity (Wildman–Crippen MR) is 154 cm³/mol. The fourth-order valence-electron chi connectivity index (χ4n) is 3.77. The maximum absolute atomic E-state index is 13.6. The maximum atomic E-state index is 13.6. The first-order valence-corrected chi connectivity index (χ1v) is 14.5. The van der Waals surface area contributed by atoms with Crippen molar-refractivity contribution >= 4 is 51.1 Å². The summed E-state index contributed by atoms with van der Waals surface area (Å²) in [5.41, 5.74) is 3.10. The van der Waals surface area contributed by atoms with Crippen molar-refractivity contribution in [1.29, 1.82) is 0 Å². The van der Waals surface area contributed by atoms with Crippen molar-refractivity contribution in [2.24, 2.45) is 0 Å². The SMILES string of the molecule is CCCCNC(=O)[C@H](Cc1ccccc1)N(Cc1ccc(Cl)cc1)C(=O)CSCc1ccc(Br)cc1. The van der Waals surface area contributed by atoms with Gasteiger partial charge in [0.2, 0.25) is 11.8 Å². The molecule has 2 amide bonds. The first kappa shape index (κ1) is 28.3. The highest BCUT2D eigenvalue weighted by atomic mass is 79.9. The molecule has 0 heterocycles. The highest BCUT2D eigenvalue weighted by Crippen LogP contribution is 2.20. The van der Waals surface area contributed by atoms with Crippen LogP contribution in [0.5, 0.6) is 0 Å². The Hall–Kier alpha value is -2.28. The van der Waals surface area contributed by atoms with Crippen molar-refractivity contribution in [3.8, 4) is 0 Å². The number of hydrogen-bond donors (Lipinski definition) is 1. The van der Waals surface area contributed by atoms with E-state index in [9.17, 15) is 9.59 Å². The van der Waals surface area contributed by atoms with Crippen molar-refractivity contribution in [3.63, 3.8) is 0 Å². The Morgan fingerprint density at radius 1 is 0.944 bits per heavy atom. The van der Waals surface area contributed by atoms with Gasteiger partial charge in [0.1, 0.15) is 6.04 Å². The maximum Gasteiger partial charge on any atom is 0.243 e. The fraction of sp³-hybridized carbons (Fsp3) is 0.310. The summed E-state index contributed by atoms with van der Waals surface area (Å²) >= 11 is 11.1. The summed E-state index contributed by atoms with van der Waals surface area (Å²) < 4.78 is 1.03. The summed E-state index contributed by atoms with van der Waals surface area (Å²) in [4.78, 5) is 28.7. The lowest BCUT2D eigenvalue weighted by atomic mass is 10.0. The van der Waals surface area contributed by atoms with Crippen molar-refractivity contribution in [2.45, 2.75) is 44.5 Å². The molecule has 3 aromatic carbocycles. The number of benzene rings is 3. The number of thioether (sulfide) groups is 1. The van der Waals surface area contributed by atoms with E-state index < -0.39 is 6.04 Å². The highest BCUT2D eigenvalue weighted by Gasteiger charge is 2.30. The number of unbranched alkanes of at least 4 members (excludes halogenated alkanes) is 1. The Morgan fingerprint density at radius 2 is 1.61 bits per heavy atom. The topological polar surface area (TPSA) is 49.4 Å². The van der Waals surface area contributed by atoms with E-state index in [1.807, 2.05) is 78.9 Å². The highest BCUT2D eigenvalue weighted by molar-refractivity contribution is 9.10. The van der Waals surface area contributed by atoms with Gasteiger partial charge in [-0.15, -0.1) is 11.8 Å². The van der Waals surface area contributed by atoms with E-state index in [0.717, 1.165) is 39.8 Å². The number of rotatable bonds is 13. The first-order valence-electron chi connectivity index (χ1n) is 12.1. The molecule has 1 atom stereocenters. The number of amides is 2. The average molecular weight is 588 g/mol. The second kappa shape index (κ2) is 15.1. The average Bonchev–Trinajstić information content (AvgIpc) is 2.89. The third-order valence-electron chi connectivity index (χ3n) is 5.77. The molecule has 0 bridgehead atoms. The normalized spacial score (nSPS) is 11.6. The zero-order chi connectivity index (χ0) is 25.8. The molecule has 0 saturated heterocycles. The van der Waals surface area contributed by atoms with Crippen LogP contribution in [0.1, 0.15) is 36.5 Å². The van der Waals surface area contributed by atoms with Crippen LogP contribution in [0.15, 0.2) is 83.3 Å². The number of nitrogens with one attached hydrogen (secondary N) is 1. The molecule has 4 nitrogen and oxygen atoms in total. The molecule has 0 saturated carbocycles. The number of halogens is 2. The molecule has 36 heavy (non-hydrogen) atoms. The minimum Gasteiger partial charge on any atom is -0.354 e. The lowest BCUT2D eigenvalue weighted by Crippen LogP contribution is -2.51. The largest absolute Gasteiger partial charge is 0.354 e. The third kappa shape index (κ3) is 9.30. The Balaban J connectivity index is 1.81. The molecular weight excluding hydrogens is 556 g/mol.